The van der Waals surface area contributed by atoms with Crippen molar-refractivity contribution in [1.82, 2.24) is 0 Å². The van der Waals surface area contributed by atoms with Gasteiger partial charge in [-0.15, -0.1) is 0 Å². The molecule has 0 saturated heterocycles. The SMILES string of the molecule is O=C(O)[CH2][Co]([Re])[Au].[Fe].[KH].[Mn].[Pd].[Pt].[Ti]. The van der Waals surface area contributed by atoms with Crippen LogP contribution in [0, 0.1) is 0 Å². The van der Waals surface area contributed by atoms with Crippen LogP contribution in [0.2, 0.25) is 5.36 Å². The van der Waals surface area contributed by atoms with Gasteiger partial charge >= 0.3 is 117 Å². The van der Waals surface area contributed by atoms with Gasteiger partial charge in [0.2, 0.25) is 0 Å². The molecular weight excluding hydrogens is 997 g/mol. The van der Waals surface area contributed by atoms with E-state index in [1.165, 1.54) is 0 Å². The summed E-state index contributed by atoms with van der Waals surface area (Å²) in [5, 5.41) is 8.44. The first-order valence-corrected chi connectivity index (χ1v) is 9.40. The van der Waals surface area contributed by atoms with Crippen molar-refractivity contribution in [2.24, 2.45) is 0 Å². The third kappa shape index (κ3) is 46.0. The van der Waals surface area contributed by atoms with Gasteiger partial charge in [0.05, 0.1) is 0 Å². The first-order chi connectivity index (χ1) is 3.13. The number of carboxylic acid groups (broad SMARTS) is 1. The second-order valence-corrected chi connectivity index (χ2v) is 16.8. The summed E-state index contributed by atoms with van der Waals surface area (Å²) in [6, 6.07) is 0. The van der Waals surface area contributed by atoms with Gasteiger partial charge in [-0.05, 0) is 0 Å². The van der Waals surface area contributed by atoms with E-state index in [9.17, 15) is 4.79 Å². The minimum absolute atomic E-state index is 0. The molecule has 91 valence electrons. The Balaban J connectivity index is -0.0000000120. The van der Waals surface area contributed by atoms with Gasteiger partial charge in [0.15, 0.2) is 0 Å². The number of aliphatic carboxylic acids is 1. The van der Waals surface area contributed by atoms with Crippen LogP contribution in [-0.4, -0.2) is 62.5 Å². The van der Waals surface area contributed by atoms with Gasteiger partial charge in [0.25, 0.3) is 0 Å². The van der Waals surface area contributed by atoms with Gasteiger partial charge < -0.3 is 0 Å². The van der Waals surface area contributed by atoms with Crippen molar-refractivity contribution in [3.05, 3.63) is 0 Å². The molecule has 0 saturated carbocycles. The summed E-state index contributed by atoms with van der Waals surface area (Å²) < 4.78 is 0. The number of hydrogen-bond donors (Lipinski definition) is 1. The van der Waals surface area contributed by atoms with E-state index in [1.54, 1.807) is 17.2 Å². The van der Waals surface area contributed by atoms with Gasteiger partial charge in [0, 0.05) is 97.3 Å². The van der Waals surface area contributed by atoms with Crippen molar-refractivity contribution in [3.8, 4) is 0 Å². The summed E-state index contributed by atoms with van der Waals surface area (Å²) in [7, 11) is -0.221. The van der Waals surface area contributed by atoms with Crippen LogP contribution < -0.4 is 0 Å². The van der Waals surface area contributed by atoms with Gasteiger partial charge in [-0.3, -0.25) is 0 Å². The molecular formula is C2H4AuCoFeKMnO2PdPtReTi. The summed E-state index contributed by atoms with van der Waals surface area (Å²) in [5.74, 6) is -0.685. The molecule has 0 heterocycles. The molecule has 0 aliphatic carbocycles. The Labute approximate surface area is 208 Å². The Morgan fingerprint density at radius 2 is 1.77 bits per heavy atom. The standard InChI is InChI=1S/C2H3O2.Au.Co.Fe.K.Mn.Pd.Pt.Re.Ti.H/c1-2(3)4;;;;;;;;;;/h1H2,(H,3,4);;;;;;;;;;. The van der Waals surface area contributed by atoms with Gasteiger partial charge in [0.1, 0.15) is 0 Å². The van der Waals surface area contributed by atoms with Crippen LogP contribution >= 0.6 is 0 Å². The predicted molar refractivity (Wildman–Crippen MR) is 19.6 cm³/mol. The van der Waals surface area contributed by atoms with E-state index in [4.69, 9.17) is 5.11 Å². The predicted octanol–water partition coefficient (Wildman–Crippen LogP) is -0.630. The monoisotopic (exact) mass is 1000 g/mol. The molecule has 0 aliphatic rings. The molecule has 0 spiro atoms. The normalized spacial score (nSPS) is 5.92. The second kappa shape index (κ2) is 30.9. The van der Waals surface area contributed by atoms with E-state index in [-0.39, 0.29) is 157 Å². The van der Waals surface area contributed by atoms with Crippen LogP contribution in [0.25, 0.3) is 0 Å². The molecule has 0 atom stereocenters. The fraction of sp³-hybridized carbons (Fsp3) is 0.500. The summed E-state index contributed by atoms with van der Waals surface area (Å²) in [4.78, 5) is 9.83. The molecule has 0 unspecified atom stereocenters. The Hall–Kier alpha value is 6.12. The Morgan fingerprint density at radius 1 is 1.54 bits per heavy atom. The molecule has 0 aromatic rings. The fourth-order valence-electron chi connectivity index (χ4n) is 0.0685. The maximum atomic E-state index is 9.83. The zero-order valence-electron chi connectivity index (χ0n) is 4.94. The third-order valence-corrected chi connectivity index (χ3v) is 3.12. The van der Waals surface area contributed by atoms with E-state index >= 15 is 0 Å². The summed E-state index contributed by atoms with van der Waals surface area (Å²) in [6.45, 7) is 0. The third-order valence-electron chi connectivity index (χ3n) is 0.181. The Kier molecular flexibility index (Phi) is 101. The fourth-order valence-corrected chi connectivity index (χ4v) is 2.31. The molecule has 0 fully saturated rings. The summed E-state index contributed by atoms with van der Waals surface area (Å²) >= 11 is 3.89. The number of rotatable bonds is 2. The van der Waals surface area contributed by atoms with Crippen LogP contribution in [0.5, 0.6) is 0 Å². The van der Waals surface area contributed by atoms with Crippen LogP contribution in [0.4, 0.5) is 0 Å². The molecule has 0 bridgehead atoms. The molecule has 11 heteroatoms. The molecule has 0 aliphatic heterocycles. The molecule has 13 heavy (non-hydrogen) atoms. The minimum atomic E-state index is -0.685. The first-order valence-electron chi connectivity index (χ1n) is 1.24. The smallest absolute Gasteiger partial charge is 0 e. The molecule has 0 rings (SSSR count). The van der Waals surface area contributed by atoms with Crippen molar-refractivity contribution in [2.75, 3.05) is 0 Å². The van der Waals surface area contributed by atoms with Crippen molar-refractivity contribution in [2.45, 2.75) is 5.36 Å². The average molecular weight is 1000 g/mol. The number of carbonyl (C=O) groups is 1. The zero-order valence-corrected chi connectivity index (χ0v) is 18.5. The maximum absolute atomic E-state index is 9.83. The second-order valence-electron chi connectivity index (χ2n) is 0.710. The molecule has 0 aromatic heterocycles. The molecule has 2 nitrogen and oxygen atoms in total. The van der Waals surface area contributed by atoms with E-state index in [1.807, 2.05) is 0 Å². The van der Waals surface area contributed by atoms with E-state index < -0.39 is 5.97 Å². The number of carboxylic acids is 1. The molecule has 0 amide bonds. The van der Waals surface area contributed by atoms with Crippen LogP contribution in [0.1, 0.15) is 0 Å². The van der Waals surface area contributed by atoms with Gasteiger partial charge in [-0.1, -0.05) is 0 Å². The quantitative estimate of drug-likeness (QED) is 0.375. The maximum Gasteiger partial charge on any atom is 0 e. The van der Waals surface area contributed by atoms with Crippen molar-refractivity contribution < 1.29 is 152 Å². The zero-order chi connectivity index (χ0) is 5.86. The largest absolute Gasteiger partial charge is 0 e. The number of hydrogen-bond acceptors (Lipinski definition) is 1. The van der Waals surface area contributed by atoms with E-state index in [0.29, 0.717) is 5.36 Å². The van der Waals surface area contributed by atoms with Crippen LogP contribution in [0.3, 0.4) is 0 Å². The van der Waals surface area contributed by atoms with Crippen molar-refractivity contribution in [3.63, 3.8) is 0 Å². The molecule has 1 N–H and O–H groups in total. The van der Waals surface area contributed by atoms with Crippen molar-refractivity contribution >= 4 is 57.4 Å². The van der Waals surface area contributed by atoms with E-state index in [0.717, 1.165) is 0 Å². The summed E-state index contributed by atoms with van der Waals surface area (Å²) in [6.07, 6.45) is 0. The minimum Gasteiger partial charge on any atom is 0 e. The van der Waals surface area contributed by atoms with Gasteiger partial charge in [-0.2, -0.15) is 0 Å². The Bertz CT molecular complexity index is 105. The summed E-state index contributed by atoms with van der Waals surface area (Å²) in [5.41, 5.74) is 0. The van der Waals surface area contributed by atoms with Crippen LogP contribution in [-0.2, 0) is 147 Å². The molecule has 0 aromatic carbocycles. The van der Waals surface area contributed by atoms with Crippen molar-refractivity contribution in [1.29, 1.82) is 0 Å². The average Bonchev–Trinajstić information content (AvgIpc) is 1.27. The van der Waals surface area contributed by atoms with Gasteiger partial charge in [-0.25, -0.2) is 0 Å². The topological polar surface area (TPSA) is 37.3 Å². The van der Waals surface area contributed by atoms with Crippen LogP contribution in [0.15, 0.2) is 0 Å². The van der Waals surface area contributed by atoms with E-state index in [2.05, 4.69) is 19.0 Å². The molecule has 1 radical (unpaired) electrons. The first kappa shape index (κ1) is 42.7. The Morgan fingerprint density at radius 3 is 1.77 bits per heavy atom.